The van der Waals surface area contributed by atoms with Crippen LogP contribution in [-0.4, -0.2) is 25.3 Å². The SMILES string of the molecule is COC1CC(NC(=O)Nc2cccc(CN)c2)C1. The van der Waals surface area contributed by atoms with E-state index in [0.29, 0.717) is 6.54 Å². The zero-order valence-electron chi connectivity index (χ0n) is 10.5. The van der Waals surface area contributed by atoms with Crippen LogP contribution < -0.4 is 16.4 Å². The summed E-state index contributed by atoms with van der Waals surface area (Å²) in [5, 5.41) is 5.71. The molecule has 18 heavy (non-hydrogen) atoms. The fraction of sp³-hybridized carbons (Fsp3) is 0.462. The molecule has 1 aromatic rings. The van der Waals surface area contributed by atoms with Gasteiger partial charge in [-0.05, 0) is 30.5 Å². The summed E-state index contributed by atoms with van der Waals surface area (Å²) in [4.78, 5) is 11.7. The number of anilines is 1. The highest BCUT2D eigenvalue weighted by Crippen LogP contribution is 2.22. The number of rotatable bonds is 4. The Kier molecular flexibility index (Phi) is 4.17. The number of hydrogen-bond acceptors (Lipinski definition) is 3. The second-order valence-corrected chi connectivity index (χ2v) is 4.53. The molecule has 5 nitrogen and oxygen atoms in total. The summed E-state index contributed by atoms with van der Waals surface area (Å²) in [6, 6.07) is 7.56. The molecule has 0 atom stereocenters. The van der Waals surface area contributed by atoms with Gasteiger partial charge >= 0.3 is 6.03 Å². The maximum atomic E-state index is 11.7. The van der Waals surface area contributed by atoms with Crippen LogP contribution in [0.3, 0.4) is 0 Å². The predicted octanol–water partition coefficient (Wildman–Crippen LogP) is 1.44. The fourth-order valence-electron chi connectivity index (χ4n) is 2.00. The Bertz CT molecular complexity index is 416. The Morgan fingerprint density at radius 2 is 2.28 bits per heavy atom. The first-order chi connectivity index (χ1) is 8.71. The lowest BCUT2D eigenvalue weighted by Crippen LogP contribution is -2.48. The lowest BCUT2D eigenvalue weighted by Gasteiger charge is -2.34. The number of nitrogens with two attached hydrogens (primary N) is 1. The minimum atomic E-state index is -0.177. The van der Waals surface area contributed by atoms with E-state index in [1.54, 1.807) is 7.11 Å². The monoisotopic (exact) mass is 249 g/mol. The smallest absolute Gasteiger partial charge is 0.319 e. The minimum absolute atomic E-state index is 0.177. The van der Waals surface area contributed by atoms with Gasteiger partial charge in [-0.25, -0.2) is 4.79 Å². The first-order valence-electron chi connectivity index (χ1n) is 6.10. The van der Waals surface area contributed by atoms with E-state index < -0.39 is 0 Å². The van der Waals surface area contributed by atoms with Crippen LogP contribution in [0, 0.1) is 0 Å². The molecule has 0 heterocycles. The van der Waals surface area contributed by atoms with Crippen molar-refractivity contribution in [1.29, 1.82) is 0 Å². The van der Waals surface area contributed by atoms with Crippen molar-refractivity contribution in [2.24, 2.45) is 5.73 Å². The van der Waals surface area contributed by atoms with Crippen LogP contribution in [0.1, 0.15) is 18.4 Å². The molecule has 98 valence electrons. The van der Waals surface area contributed by atoms with Crippen molar-refractivity contribution in [3.63, 3.8) is 0 Å². The van der Waals surface area contributed by atoms with Crippen LogP contribution in [0.15, 0.2) is 24.3 Å². The molecule has 1 aliphatic rings. The predicted molar refractivity (Wildman–Crippen MR) is 70.3 cm³/mol. The first-order valence-corrected chi connectivity index (χ1v) is 6.10. The van der Waals surface area contributed by atoms with Crippen molar-refractivity contribution in [3.05, 3.63) is 29.8 Å². The Balaban J connectivity index is 1.80. The molecule has 1 fully saturated rings. The number of methoxy groups -OCH3 is 1. The summed E-state index contributed by atoms with van der Waals surface area (Å²) in [7, 11) is 1.69. The highest BCUT2D eigenvalue weighted by molar-refractivity contribution is 5.89. The van der Waals surface area contributed by atoms with E-state index in [1.165, 1.54) is 0 Å². The Hall–Kier alpha value is -1.59. The number of amides is 2. The summed E-state index contributed by atoms with van der Waals surface area (Å²) >= 11 is 0. The average Bonchev–Trinajstić information content (AvgIpc) is 2.33. The molecule has 4 N–H and O–H groups in total. The number of urea groups is 1. The van der Waals surface area contributed by atoms with Crippen molar-refractivity contribution in [1.82, 2.24) is 5.32 Å². The average molecular weight is 249 g/mol. The molecule has 1 saturated carbocycles. The van der Waals surface area contributed by atoms with Crippen molar-refractivity contribution in [2.75, 3.05) is 12.4 Å². The van der Waals surface area contributed by atoms with Crippen molar-refractivity contribution < 1.29 is 9.53 Å². The third kappa shape index (κ3) is 3.21. The molecular weight excluding hydrogens is 230 g/mol. The number of benzene rings is 1. The maximum absolute atomic E-state index is 11.7. The lowest BCUT2D eigenvalue weighted by atomic mass is 9.89. The van der Waals surface area contributed by atoms with E-state index in [-0.39, 0.29) is 18.2 Å². The molecule has 0 spiro atoms. The second-order valence-electron chi connectivity index (χ2n) is 4.53. The third-order valence-electron chi connectivity index (χ3n) is 3.18. The van der Waals surface area contributed by atoms with Gasteiger partial charge in [0.15, 0.2) is 0 Å². The molecule has 1 aliphatic carbocycles. The summed E-state index contributed by atoms with van der Waals surface area (Å²) in [5.74, 6) is 0. The van der Waals surface area contributed by atoms with E-state index in [4.69, 9.17) is 10.5 Å². The molecule has 0 bridgehead atoms. The van der Waals surface area contributed by atoms with Gasteiger partial charge in [0.25, 0.3) is 0 Å². The van der Waals surface area contributed by atoms with Gasteiger partial charge in [-0.1, -0.05) is 12.1 Å². The topological polar surface area (TPSA) is 76.4 Å². The van der Waals surface area contributed by atoms with E-state index in [1.807, 2.05) is 24.3 Å². The quantitative estimate of drug-likeness (QED) is 0.755. The molecule has 0 radical (unpaired) electrons. The Labute approximate surface area is 107 Å². The van der Waals surface area contributed by atoms with Crippen molar-refractivity contribution in [2.45, 2.75) is 31.5 Å². The van der Waals surface area contributed by atoms with Gasteiger partial charge < -0.3 is 21.1 Å². The molecule has 0 unspecified atom stereocenters. The van der Waals surface area contributed by atoms with Gasteiger partial charge in [-0.2, -0.15) is 0 Å². The molecule has 2 amide bonds. The van der Waals surface area contributed by atoms with Crippen LogP contribution in [0.2, 0.25) is 0 Å². The number of nitrogens with one attached hydrogen (secondary N) is 2. The van der Waals surface area contributed by atoms with Gasteiger partial charge in [0.1, 0.15) is 0 Å². The summed E-state index contributed by atoms with van der Waals surface area (Å²) < 4.78 is 5.16. The first kappa shape index (κ1) is 12.9. The van der Waals surface area contributed by atoms with Crippen molar-refractivity contribution >= 4 is 11.7 Å². The van der Waals surface area contributed by atoms with Gasteiger partial charge in [0, 0.05) is 25.4 Å². The normalized spacial score (nSPS) is 22.1. The van der Waals surface area contributed by atoms with Crippen LogP contribution >= 0.6 is 0 Å². The van der Waals surface area contributed by atoms with Crippen LogP contribution in [-0.2, 0) is 11.3 Å². The fourth-order valence-corrected chi connectivity index (χ4v) is 2.00. The van der Waals surface area contributed by atoms with Gasteiger partial charge in [-0.3, -0.25) is 0 Å². The highest BCUT2D eigenvalue weighted by atomic mass is 16.5. The molecule has 2 rings (SSSR count). The lowest BCUT2D eigenvalue weighted by molar-refractivity contribution is 0.0210. The Morgan fingerprint density at radius 3 is 2.94 bits per heavy atom. The van der Waals surface area contributed by atoms with Crippen LogP contribution in [0.5, 0.6) is 0 Å². The minimum Gasteiger partial charge on any atom is -0.381 e. The van der Waals surface area contributed by atoms with Crippen molar-refractivity contribution in [3.8, 4) is 0 Å². The maximum Gasteiger partial charge on any atom is 0.319 e. The Morgan fingerprint density at radius 1 is 1.50 bits per heavy atom. The highest BCUT2D eigenvalue weighted by Gasteiger charge is 2.29. The molecule has 0 saturated heterocycles. The molecule has 0 aliphatic heterocycles. The number of carbonyl (C=O) groups is 1. The zero-order valence-corrected chi connectivity index (χ0v) is 10.5. The number of carbonyl (C=O) groups excluding carboxylic acids is 1. The molecular formula is C13H19N3O2. The van der Waals surface area contributed by atoms with E-state index >= 15 is 0 Å². The van der Waals surface area contributed by atoms with Gasteiger partial charge in [0.2, 0.25) is 0 Å². The summed E-state index contributed by atoms with van der Waals surface area (Å²) in [6.45, 7) is 0.468. The zero-order chi connectivity index (χ0) is 13.0. The van der Waals surface area contributed by atoms with Crippen LogP contribution in [0.4, 0.5) is 10.5 Å². The molecule has 1 aromatic carbocycles. The molecule has 0 aromatic heterocycles. The second kappa shape index (κ2) is 5.84. The van der Waals surface area contributed by atoms with E-state index in [0.717, 1.165) is 24.1 Å². The summed E-state index contributed by atoms with van der Waals surface area (Å²) in [6.07, 6.45) is 2.05. The van der Waals surface area contributed by atoms with E-state index in [9.17, 15) is 4.79 Å². The van der Waals surface area contributed by atoms with Crippen LogP contribution in [0.25, 0.3) is 0 Å². The largest absolute Gasteiger partial charge is 0.381 e. The van der Waals surface area contributed by atoms with Gasteiger partial charge in [-0.15, -0.1) is 0 Å². The number of ether oxygens (including phenoxy) is 1. The van der Waals surface area contributed by atoms with E-state index in [2.05, 4.69) is 10.6 Å². The third-order valence-corrected chi connectivity index (χ3v) is 3.18. The van der Waals surface area contributed by atoms with Gasteiger partial charge in [0.05, 0.1) is 6.10 Å². The number of hydrogen-bond donors (Lipinski definition) is 3. The summed E-state index contributed by atoms with van der Waals surface area (Å²) in [5.41, 5.74) is 7.31. The molecule has 5 heteroatoms. The standard InChI is InChI=1S/C13H19N3O2/c1-18-12-6-11(7-12)16-13(17)15-10-4-2-3-9(5-10)8-14/h2-5,11-12H,6-8,14H2,1H3,(H2,15,16,17).